The molecule has 0 spiro atoms. The van der Waals surface area contributed by atoms with Crippen LogP contribution in [-0.2, 0) is 9.53 Å². The van der Waals surface area contributed by atoms with E-state index in [2.05, 4.69) is 5.32 Å². The molecule has 1 aliphatic heterocycles. The highest BCUT2D eigenvalue weighted by molar-refractivity contribution is 5.83. The quantitative estimate of drug-likeness (QED) is 0.822. The first-order valence-corrected chi connectivity index (χ1v) is 7.18. The van der Waals surface area contributed by atoms with Crippen molar-refractivity contribution in [3.05, 3.63) is 0 Å². The minimum atomic E-state index is -0.923. The molecule has 2 N–H and O–H groups in total. The summed E-state index contributed by atoms with van der Waals surface area (Å²) in [5.41, 5.74) is -0.393. The van der Waals surface area contributed by atoms with E-state index in [1.165, 1.54) is 4.90 Å². The lowest BCUT2D eigenvalue weighted by molar-refractivity contribution is -0.148. The van der Waals surface area contributed by atoms with Crippen LogP contribution in [0.15, 0.2) is 0 Å². The molecule has 1 saturated carbocycles. The topological polar surface area (TPSA) is 78.9 Å². The van der Waals surface area contributed by atoms with Gasteiger partial charge in [0.15, 0.2) is 0 Å². The Morgan fingerprint density at radius 3 is 2.55 bits per heavy atom. The number of likely N-dealkylation sites (tertiary alicyclic amines) is 1. The lowest BCUT2D eigenvalue weighted by Gasteiger charge is -2.45. The van der Waals surface area contributed by atoms with Crippen molar-refractivity contribution < 1.29 is 19.4 Å². The SMILES string of the molecule is COC1CC(NC(=O)N2CCCC(C)(C)C2C(=O)O)C1. The molecule has 0 bridgehead atoms. The number of urea groups is 1. The molecular weight excluding hydrogens is 260 g/mol. The highest BCUT2D eigenvalue weighted by Crippen LogP contribution is 2.35. The Kier molecular flexibility index (Phi) is 4.22. The zero-order chi connectivity index (χ0) is 14.9. The molecule has 0 aromatic heterocycles. The molecule has 1 unspecified atom stereocenters. The third-order valence-corrected chi connectivity index (χ3v) is 4.52. The van der Waals surface area contributed by atoms with Crippen LogP contribution in [0.4, 0.5) is 4.79 Å². The number of aliphatic carboxylic acids is 1. The summed E-state index contributed by atoms with van der Waals surface area (Å²) >= 11 is 0. The van der Waals surface area contributed by atoms with Crippen LogP contribution in [0.25, 0.3) is 0 Å². The molecule has 1 atom stereocenters. The Bertz CT molecular complexity index is 391. The molecule has 114 valence electrons. The van der Waals surface area contributed by atoms with E-state index >= 15 is 0 Å². The van der Waals surface area contributed by atoms with Gasteiger partial charge in [-0.2, -0.15) is 0 Å². The van der Waals surface area contributed by atoms with E-state index in [0.717, 1.165) is 25.7 Å². The molecule has 2 amide bonds. The molecule has 2 aliphatic rings. The normalized spacial score (nSPS) is 32.4. The maximum atomic E-state index is 12.3. The molecule has 0 aromatic carbocycles. The number of amides is 2. The number of nitrogens with zero attached hydrogens (tertiary/aromatic N) is 1. The first-order chi connectivity index (χ1) is 9.35. The first-order valence-electron chi connectivity index (χ1n) is 7.18. The highest BCUT2D eigenvalue weighted by Gasteiger charge is 2.45. The molecule has 1 heterocycles. The third-order valence-electron chi connectivity index (χ3n) is 4.52. The lowest BCUT2D eigenvalue weighted by atomic mass is 9.76. The molecule has 20 heavy (non-hydrogen) atoms. The van der Waals surface area contributed by atoms with Gasteiger partial charge in [-0.1, -0.05) is 13.8 Å². The van der Waals surface area contributed by atoms with E-state index in [0.29, 0.717) is 6.54 Å². The monoisotopic (exact) mass is 284 g/mol. The van der Waals surface area contributed by atoms with Crippen molar-refractivity contribution in [2.24, 2.45) is 5.41 Å². The number of hydrogen-bond acceptors (Lipinski definition) is 3. The number of rotatable bonds is 3. The van der Waals surface area contributed by atoms with Crippen molar-refractivity contribution >= 4 is 12.0 Å². The van der Waals surface area contributed by atoms with Crippen LogP contribution in [-0.4, -0.2) is 53.8 Å². The molecule has 6 heteroatoms. The zero-order valence-electron chi connectivity index (χ0n) is 12.4. The number of carboxylic acid groups (broad SMARTS) is 1. The number of carbonyl (C=O) groups excluding carboxylic acids is 1. The largest absolute Gasteiger partial charge is 0.480 e. The molecule has 2 rings (SSSR count). The Morgan fingerprint density at radius 2 is 2.00 bits per heavy atom. The number of nitrogens with one attached hydrogen (secondary N) is 1. The predicted octanol–water partition coefficient (Wildman–Crippen LogP) is 1.45. The van der Waals surface area contributed by atoms with Crippen LogP contribution in [0.1, 0.15) is 39.5 Å². The van der Waals surface area contributed by atoms with Gasteiger partial charge < -0.3 is 20.1 Å². The fourth-order valence-electron chi connectivity index (χ4n) is 3.21. The summed E-state index contributed by atoms with van der Waals surface area (Å²) in [5.74, 6) is -0.923. The molecule has 1 saturated heterocycles. The van der Waals surface area contributed by atoms with Crippen molar-refractivity contribution in [3.8, 4) is 0 Å². The molecular formula is C14H24N2O4. The zero-order valence-corrected chi connectivity index (χ0v) is 12.4. The summed E-state index contributed by atoms with van der Waals surface area (Å²) < 4.78 is 5.18. The standard InChI is InChI=1S/C14H24N2O4/c1-14(2)5-4-6-16(11(14)12(17)18)13(19)15-9-7-10(8-9)20-3/h9-11H,4-8H2,1-3H3,(H,15,19)(H,17,18). The molecule has 6 nitrogen and oxygen atoms in total. The van der Waals surface area contributed by atoms with Gasteiger partial charge in [-0.3, -0.25) is 0 Å². The van der Waals surface area contributed by atoms with Gasteiger partial charge >= 0.3 is 12.0 Å². The van der Waals surface area contributed by atoms with Gasteiger partial charge in [0.05, 0.1) is 6.10 Å². The van der Waals surface area contributed by atoms with Gasteiger partial charge in [-0.25, -0.2) is 9.59 Å². The Balaban J connectivity index is 1.98. The number of hydrogen-bond donors (Lipinski definition) is 2. The summed E-state index contributed by atoms with van der Waals surface area (Å²) in [6, 6.07) is -0.911. The van der Waals surface area contributed by atoms with E-state index in [9.17, 15) is 14.7 Å². The van der Waals surface area contributed by atoms with Crippen LogP contribution >= 0.6 is 0 Å². The van der Waals surface area contributed by atoms with Crippen molar-refractivity contribution in [1.29, 1.82) is 0 Å². The molecule has 1 aliphatic carbocycles. The second kappa shape index (κ2) is 5.60. The fraction of sp³-hybridized carbons (Fsp3) is 0.857. The molecule has 0 radical (unpaired) electrons. The van der Waals surface area contributed by atoms with Gasteiger partial charge in [0.1, 0.15) is 6.04 Å². The van der Waals surface area contributed by atoms with E-state index < -0.39 is 17.4 Å². The Hall–Kier alpha value is -1.30. The van der Waals surface area contributed by atoms with Crippen LogP contribution in [0.2, 0.25) is 0 Å². The maximum absolute atomic E-state index is 12.3. The second-order valence-electron chi connectivity index (χ2n) is 6.50. The van der Waals surface area contributed by atoms with Gasteiger partial charge in [0.25, 0.3) is 0 Å². The summed E-state index contributed by atoms with van der Waals surface area (Å²) in [4.78, 5) is 25.3. The molecule has 2 fully saturated rings. The van der Waals surface area contributed by atoms with Crippen molar-refractivity contribution in [1.82, 2.24) is 10.2 Å². The second-order valence-corrected chi connectivity index (χ2v) is 6.50. The number of ether oxygens (including phenoxy) is 1. The van der Waals surface area contributed by atoms with Gasteiger partial charge in [-0.15, -0.1) is 0 Å². The first kappa shape index (κ1) is 15.1. The third kappa shape index (κ3) is 2.90. The fourth-order valence-corrected chi connectivity index (χ4v) is 3.21. The number of methoxy groups -OCH3 is 1. The summed E-state index contributed by atoms with van der Waals surface area (Å²) in [7, 11) is 1.66. The highest BCUT2D eigenvalue weighted by atomic mass is 16.5. The van der Waals surface area contributed by atoms with E-state index in [1.807, 2.05) is 13.8 Å². The number of carbonyl (C=O) groups is 2. The van der Waals surface area contributed by atoms with E-state index in [4.69, 9.17) is 4.74 Å². The average molecular weight is 284 g/mol. The van der Waals surface area contributed by atoms with Crippen LogP contribution in [0.3, 0.4) is 0 Å². The van der Waals surface area contributed by atoms with Gasteiger partial charge in [-0.05, 0) is 31.1 Å². The number of carboxylic acids is 1. The van der Waals surface area contributed by atoms with Gasteiger partial charge in [0.2, 0.25) is 0 Å². The van der Waals surface area contributed by atoms with Crippen molar-refractivity contribution in [2.45, 2.75) is 57.7 Å². The van der Waals surface area contributed by atoms with Crippen molar-refractivity contribution in [3.63, 3.8) is 0 Å². The van der Waals surface area contributed by atoms with E-state index in [-0.39, 0.29) is 18.2 Å². The average Bonchev–Trinajstić information content (AvgIpc) is 2.30. The Labute approximate surface area is 119 Å². The summed E-state index contributed by atoms with van der Waals surface area (Å²) in [6.07, 6.45) is 3.49. The van der Waals surface area contributed by atoms with Crippen LogP contribution in [0.5, 0.6) is 0 Å². The maximum Gasteiger partial charge on any atom is 0.327 e. The summed E-state index contributed by atoms with van der Waals surface area (Å²) in [5, 5.41) is 12.4. The summed E-state index contributed by atoms with van der Waals surface area (Å²) in [6.45, 7) is 4.33. The minimum absolute atomic E-state index is 0.104. The van der Waals surface area contributed by atoms with Crippen molar-refractivity contribution in [2.75, 3.05) is 13.7 Å². The van der Waals surface area contributed by atoms with Gasteiger partial charge in [0, 0.05) is 19.7 Å². The lowest BCUT2D eigenvalue weighted by Crippen LogP contribution is -2.61. The van der Waals surface area contributed by atoms with Crippen LogP contribution < -0.4 is 5.32 Å². The van der Waals surface area contributed by atoms with Crippen LogP contribution in [0, 0.1) is 5.41 Å². The molecule has 0 aromatic rings. The minimum Gasteiger partial charge on any atom is -0.480 e. The predicted molar refractivity (Wildman–Crippen MR) is 73.5 cm³/mol. The Morgan fingerprint density at radius 1 is 1.35 bits per heavy atom. The smallest absolute Gasteiger partial charge is 0.327 e. The van der Waals surface area contributed by atoms with E-state index in [1.54, 1.807) is 7.11 Å². The number of piperidine rings is 1.